The molecular weight excluding hydrogens is 238 g/mol. The van der Waals surface area contributed by atoms with Crippen LogP contribution in [0.4, 0.5) is 5.69 Å². The Morgan fingerprint density at radius 3 is 2.47 bits per heavy atom. The molecule has 2 heterocycles. The van der Waals surface area contributed by atoms with Crippen LogP contribution in [-0.4, -0.2) is 25.9 Å². The molecule has 5 nitrogen and oxygen atoms in total. The predicted octanol–water partition coefficient (Wildman–Crippen LogP) is 2.78. The van der Waals surface area contributed by atoms with Crippen LogP contribution in [0.5, 0.6) is 0 Å². The van der Waals surface area contributed by atoms with E-state index in [0.717, 1.165) is 23.4 Å². The van der Waals surface area contributed by atoms with Crippen molar-refractivity contribution >= 4 is 11.3 Å². The molecule has 0 atom stereocenters. The van der Waals surface area contributed by atoms with Gasteiger partial charge in [0.25, 0.3) is 0 Å². The summed E-state index contributed by atoms with van der Waals surface area (Å²) in [6.07, 6.45) is 2.55. The minimum atomic E-state index is 0.410. The van der Waals surface area contributed by atoms with Gasteiger partial charge in [-0.3, -0.25) is 0 Å². The monoisotopic (exact) mass is 261 g/mol. The van der Waals surface area contributed by atoms with Gasteiger partial charge in [-0.05, 0) is 24.3 Å². The quantitative estimate of drug-likeness (QED) is 0.899. The van der Waals surface area contributed by atoms with E-state index in [1.165, 1.54) is 0 Å². The molecule has 0 radical (unpaired) electrons. The molecule has 1 N–H and O–H groups in total. The summed E-state index contributed by atoms with van der Waals surface area (Å²) in [7, 11) is 0. The highest BCUT2D eigenvalue weighted by molar-refractivity contribution is 5.67. The topological polar surface area (TPSA) is 55.1 Å². The lowest BCUT2D eigenvalue weighted by atomic mass is 9.93. The van der Waals surface area contributed by atoms with E-state index < -0.39 is 0 Å². The summed E-state index contributed by atoms with van der Waals surface area (Å²) < 4.78 is 1.75. The number of aryl methyl sites for hydroxylation is 1. The Hall–Kier alpha value is -1.65. The summed E-state index contributed by atoms with van der Waals surface area (Å²) in [5.41, 5.74) is 2.86. The van der Waals surface area contributed by atoms with Crippen LogP contribution in [-0.2, 0) is 6.42 Å². The van der Waals surface area contributed by atoms with Crippen molar-refractivity contribution in [3.05, 3.63) is 18.1 Å². The second-order valence-electron chi connectivity index (χ2n) is 5.66. The highest BCUT2D eigenvalue weighted by Gasteiger charge is 2.19. The Morgan fingerprint density at radius 2 is 1.89 bits per heavy atom. The molecule has 0 aliphatic carbocycles. The molecule has 0 aromatic carbocycles. The fourth-order valence-electron chi connectivity index (χ4n) is 2.44. The Bertz CT molecular complexity index is 536. The van der Waals surface area contributed by atoms with Crippen molar-refractivity contribution in [3.63, 3.8) is 0 Å². The zero-order valence-corrected chi connectivity index (χ0v) is 12.4. The van der Waals surface area contributed by atoms with Crippen molar-refractivity contribution < 1.29 is 0 Å². The predicted molar refractivity (Wildman–Crippen MR) is 77.2 cm³/mol. The van der Waals surface area contributed by atoms with Crippen LogP contribution >= 0.6 is 0 Å². The summed E-state index contributed by atoms with van der Waals surface area (Å²) in [6.45, 7) is 11.0. The molecule has 19 heavy (non-hydrogen) atoms. The average Bonchev–Trinajstić information content (AvgIpc) is 2.82. The number of nitrogens with one attached hydrogen (secondary N) is 1. The number of nitrogens with zero attached hydrogens (tertiary/aromatic N) is 4. The Balaban J connectivity index is 2.40. The van der Waals surface area contributed by atoms with Gasteiger partial charge in [-0.15, -0.1) is 10.2 Å². The summed E-state index contributed by atoms with van der Waals surface area (Å²) >= 11 is 0. The van der Waals surface area contributed by atoms with E-state index >= 15 is 0 Å². The van der Waals surface area contributed by atoms with Gasteiger partial charge in [-0.1, -0.05) is 34.6 Å². The molecule has 0 bridgehead atoms. The minimum absolute atomic E-state index is 0.410. The summed E-state index contributed by atoms with van der Waals surface area (Å²) in [5, 5.41) is 16.2. The zero-order valence-electron chi connectivity index (χ0n) is 12.4. The maximum Gasteiger partial charge on any atom is 0.200 e. The van der Waals surface area contributed by atoms with Gasteiger partial charge in [0, 0.05) is 6.04 Å². The van der Waals surface area contributed by atoms with Crippen LogP contribution in [0.2, 0.25) is 0 Å². The molecule has 0 aliphatic rings. The number of rotatable bonds is 5. The van der Waals surface area contributed by atoms with Crippen molar-refractivity contribution in [2.75, 3.05) is 5.32 Å². The van der Waals surface area contributed by atoms with E-state index in [0.29, 0.717) is 17.9 Å². The highest BCUT2D eigenvalue weighted by atomic mass is 15.3. The molecule has 5 heteroatoms. The van der Waals surface area contributed by atoms with Crippen LogP contribution in [0.3, 0.4) is 0 Å². The third-order valence-electron chi connectivity index (χ3n) is 3.44. The van der Waals surface area contributed by atoms with E-state index in [9.17, 15) is 0 Å². The molecule has 0 saturated carbocycles. The fraction of sp³-hybridized carbons (Fsp3) is 0.643. The van der Waals surface area contributed by atoms with Gasteiger partial charge >= 0.3 is 0 Å². The van der Waals surface area contributed by atoms with Crippen molar-refractivity contribution in [2.24, 2.45) is 11.8 Å². The second-order valence-corrected chi connectivity index (χ2v) is 5.66. The van der Waals surface area contributed by atoms with E-state index in [2.05, 4.69) is 61.3 Å². The lowest BCUT2D eigenvalue weighted by Crippen LogP contribution is -2.31. The average molecular weight is 261 g/mol. The third kappa shape index (κ3) is 2.85. The third-order valence-corrected chi connectivity index (χ3v) is 3.44. The summed E-state index contributed by atoms with van der Waals surface area (Å²) in [5.74, 6) is 1.11. The first-order chi connectivity index (χ1) is 9.02. The summed E-state index contributed by atoms with van der Waals surface area (Å²) in [6, 6.07) is 2.49. The smallest absolute Gasteiger partial charge is 0.200 e. The normalized spacial score (nSPS) is 12.0. The first-order valence-electron chi connectivity index (χ1n) is 6.99. The first-order valence-corrected chi connectivity index (χ1v) is 6.99. The largest absolute Gasteiger partial charge is 0.379 e. The van der Waals surface area contributed by atoms with Gasteiger partial charge in [-0.2, -0.15) is 9.61 Å². The van der Waals surface area contributed by atoms with Gasteiger partial charge in [0.05, 0.1) is 11.4 Å². The molecule has 0 saturated heterocycles. The Labute approximate surface area is 114 Å². The number of hydrogen-bond donors (Lipinski definition) is 1. The SMILES string of the molecule is CCc1cc(NC(C(C)C)C(C)C)c2nncn2n1. The molecule has 2 rings (SSSR count). The van der Waals surface area contributed by atoms with Crippen molar-refractivity contribution in [2.45, 2.75) is 47.1 Å². The highest BCUT2D eigenvalue weighted by Crippen LogP contribution is 2.22. The lowest BCUT2D eigenvalue weighted by Gasteiger charge is -2.27. The second kappa shape index (κ2) is 5.55. The number of fused-ring (bicyclic) bond motifs is 1. The van der Waals surface area contributed by atoms with Crippen molar-refractivity contribution in [1.29, 1.82) is 0 Å². The number of aromatic nitrogens is 4. The first kappa shape index (κ1) is 13.8. The van der Waals surface area contributed by atoms with E-state index in [1.54, 1.807) is 10.8 Å². The van der Waals surface area contributed by atoms with E-state index in [1.807, 2.05) is 0 Å². The fourth-order valence-corrected chi connectivity index (χ4v) is 2.44. The van der Waals surface area contributed by atoms with Crippen LogP contribution < -0.4 is 5.32 Å². The maximum absolute atomic E-state index is 4.46. The molecule has 0 amide bonds. The molecule has 0 aliphatic heterocycles. The van der Waals surface area contributed by atoms with Crippen LogP contribution in [0, 0.1) is 11.8 Å². The molecular formula is C14H23N5. The van der Waals surface area contributed by atoms with Crippen molar-refractivity contribution in [1.82, 2.24) is 19.8 Å². The van der Waals surface area contributed by atoms with Gasteiger partial charge in [0.2, 0.25) is 5.65 Å². The van der Waals surface area contributed by atoms with Gasteiger partial charge in [0.1, 0.15) is 6.33 Å². The maximum atomic E-state index is 4.46. The minimum Gasteiger partial charge on any atom is -0.379 e. The van der Waals surface area contributed by atoms with Crippen LogP contribution in [0.1, 0.15) is 40.3 Å². The molecule has 0 fully saturated rings. The zero-order chi connectivity index (χ0) is 14.0. The Morgan fingerprint density at radius 1 is 1.21 bits per heavy atom. The molecule has 2 aromatic heterocycles. The van der Waals surface area contributed by atoms with Crippen LogP contribution in [0.15, 0.2) is 12.4 Å². The standard InChI is InChI=1S/C14H23N5/c1-6-11-7-12(14-17-15-8-19(14)18-11)16-13(9(2)3)10(4)5/h7-10,13,16H,6H2,1-5H3. The molecule has 2 aromatic rings. The van der Waals surface area contributed by atoms with Crippen molar-refractivity contribution in [3.8, 4) is 0 Å². The van der Waals surface area contributed by atoms with E-state index in [-0.39, 0.29) is 0 Å². The molecule has 0 spiro atoms. The number of hydrogen-bond acceptors (Lipinski definition) is 4. The lowest BCUT2D eigenvalue weighted by molar-refractivity contribution is 0.413. The number of anilines is 1. The van der Waals surface area contributed by atoms with E-state index in [4.69, 9.17) is 0 Å². The molecule has 0 unspecified atom stereocenters. The van der Waals surface area contributed by atoms with Crippen LogP contribution in [0.25, 0.3) is 5.65 Å². The van der Waals surface area contributed by atoms with Gasteiger partial charge in [0.15, 0.2) is 0 Å². The van der Waals surface area contributed by atoms with Gasteiger partial charge < -0.3 is 5.32 Å². The summed E-state index contributed by atoms with van der Waals surface area (Å²) in [4.78, 5) is 0. The molecule has 104 valence electrons. The Kier molecular flexibility index (Phi) is 4.02. The van der Waals surface area contributed by atoms with Gasteiger partial charge in [-0.25, -0.2) is 0 Å².